The first kappa shape index (κ1) is 10.5. The Morgan fingerprint density at radius 3 is 2.27 bits per heavy atom. The summed E-state index contributed by atoms with van der Waals surface area (Å²) in [5.41, 5.74) is 1.99. The van der Waals surface area contributed by atoms with Gasteiger partial charge in [0.25, 0.3) is 0 Å². The van der Waals surface area contributed by atoms with Gasteiger partial charge >= 0.3 is 0 Å². The number of hydrogen-bond acceptors (Lipinski definition) is 3. The Labute approximate surface area is 90.0 Å². The fraction of sp³-hybridized carbons (Fsp3) is 0.500. The molecule has 0 bridgehead atoms. The van der Waals surface area contributed by atoms with E-state index in [0.29, 0.717) is 0 Å². The lowest BCUT2D eigenvalue weighted by Crippen LogP contribution is -2.17. The molecule has 0 saturated carbocycles. The summed E-state index contributed by atoms with van der Waals surface area (Å²) in [7, 11) is 0. The van der Waals surface area contributed by atoms with Crippen LogP contribution in [-0.4, -0.2) is 29.9 Å². The third-order valence-electron chi connectivity index (χ3n) is 2.92. The zero-order valence-corrected chi connectivity index (χ0v) is 8.76. The highest BCUT2D eigenvalue weighted by molar-refractivity contribution is 5.48. The van der Waals surface area contributed by atoms with Crippen LogP contribution in [0.25, 0.3) is 0 Å². The van der Waals surface area contributed by atoms with E-state index in [1.54, 1.807) is 0 Å². The van der Waals surface area contributed by atoms with E-state index in [1.807, 2.05) is 24.3 Å². The maximum Gasteiger partial charge on any atom is 0.102 e. The van der Waals surface area contributed by atoms with Gasteiger partial charge in [0, 0.05) is 18.8 Å². The first-order valence-electron chi connectivity index (χ1n) is 5.45. The van der Waals surface area contributed by atoms with Gasteiger partial charge in [-0.3, -0.25) is 0 Å². The molecule has 1 aromatic carbocycles. The van der Waals surface area contributed by atoms with Gasteiger partial charge in [-0.1, -0.05) is 12.1 Å². The third-order valence-corrected chi connectivity index (χ3v) is 2.92. The van der Waals surface area contributed by atoms with Crippen molar-refractivity contribution in [2.24, 2.45) is 0 Å². The van der Waals surface area contributed by atoms with Crippen LogP contribution in [-0.2, 0) is 0 Å². The number of hydrogen-bond donors (Lipinski definition) is 2. The maximum absolute atomic E-state index is 9.42. The van der Waals surface area contributed by atoms with Crippen LogP contribution in [0.5, 0.6) is 0 Å². The van der Waals surface area contributed by atoms with Crippen LogP contribution in [0.1, 0.15) is 24.5 Å². The minimum Gasteiger partial charge on any atom is -0.393 e. The van der Waals surface area contributed by atoms with Crippen LogP contribution >= 0.6 is 0 Å². The van der Waals surface area contributed by atoms with Gasteiger partial charge in [-0.25, -0.2) is 0 Å². The molecule has 1 saturated heterocycles. The van der Waals surface area contributed by atoms with Crippen LogP contribution < -0.4 is 4.90 Å². The molecule has 1 aliphatic heterocycles. The standard InChI is InChI=1S/C12H17NO2/c14-9-12(15)10-3-5-11(6-4-10)13-7-1-2-8-13/h3-6,12,14-15H,1-2,7-9H2. The van der Waals surface area contributed by atoms with Gasteiger partial charge in [0.05, 0.1) is 6.61 Å². The molecule has 0 amide bonds. The van der Waals surface area contributed by atoms with Gasteiger partial charge in [0.1, 0.15) is 6.10 Å². The summed E-state index contributed by atoms with van der Waals surface area (Å²) in [6, 6.07) is 7.79. The predicted molar refractivity (Wildman–Crippen MR) is 59.9 cm³/mol. The summed E-state index contributed by atoms with van der Waals surface area (Å²) in [6.07, 6.45) is 1.78. The van der Waals surface area contributed by atoms with Gasteiger partial charge in [-0.15, -0.1) is 0 Å². The van der Waals surface area contributed by atoms with E-state index in [9.17, 15) is 5.11 Å². The van der Waals surface area contributed by atoms with Gasteiger partial charge in [-0.2, -0.15) is 0 Å². The van der Waals surface area contributed by atoms with E-state index in [-0.39, 0.29) is 6.61 Å². The van der Waals surface area contributed by atoms with Crippen LogP contribution in [0, 0.1) is 0 Å². The molecular weight excluding hydrogens is 190 g/mol. The fourth-order valence-electron chi connectivity index (χ4n) is 1.99. The molecule has 2 rings (SSSR count). The number of aliphatic hydroxyl groups excluding tert-OH is 2. The van der Waals surface area contributed by atoms with Gasteiger partial charge in [0.2, 0.25) is 0 Å². The second kappa shape index (κ2) is 4.64. The monoisotopic (exact) mass is 207 g/mol. The van der Waals surface area contributed by atoms with Crippen molar-refractivity contribution in [3.8, 4) is 0 Å². The maximum atomic E-state index is 9.42. The number of anilines is 1. The van der Waals surface area contributed by atoms with E-state index in [4.69, 9.17) is 5.11 Å². The Morgan fingerprint density at radius 2 is 1.73 bits per heavy atom. The Kier molecular flexibility index (Phi) is 3.23. The number of rotatable bonds is 3. The molecule has 3 nitrogen and oxygen atoms in total. The van der Waals surface area contributed by atoms with Crippen LogP contribution in [0.3, 0.4) is 0 Å². The summed E-state index contributed by atoms with van der Waals surface area (Å²) >= 11 is 0. The molecule has 3 heteroatoms. The van der Waals surface area contributed by atoms with Crippen molar-refractivity contribution in [2.75, 3.05) is 24.6 Å². The fourth-order valence-corrected chi connectivity index (χ4v) is 1.99. The lowest BCUT2D eigenvalue weighted by atomic mass is 10.1. The quantitative estimate of drug-likeness (QED) is 0.785. The lowest BCUT2D eigenvalue weighted by molar-refractivity contribution is 0.0956. The Bertz CT molecular complexity index is 304. The second-order valence-corrected chi connectivity index (χ2v) is 3.98. The number of nitrogens with zero attached hydrogens (tertiary/aromatic N) is 1. The normalized spacial score (nSPS) is 18.1. The van der Waals surface area contributed by atoms with Crippen LogP contribution in [0.15, 0.2) is 24.3 Å². The zero-order chi connectivity index (χ0) is 10.7. The van der Waals surface area contributed by atoms with E-state index in [0.717, 1.165) is 18.7 Å². The molecule has 1 unspecified atom stereocenters. The summed E-state index contributed by atoms with van der Waals surface area (Å²) in [5.74, 6) is 0. The van der Waals surface area contributed by atoms with Crippen molar-refractivity contribution in [1.29, 1.82) is 0 Å². The topological polar surface area (TPSA) is 43.7 Å². The predicted octanol–water partition coefficient (Wildman–Crippen LogP) is 1.31. The lowest BCUT2D eigenvalue weighted by Gasteiger charge is -2.18. The molecule has 1 atom stereocenters. The summed E-state index contributed by atoms with van der Waals surface area (Å²) in [5, 5.41) is 18.2. The molecule has 0 spiro atoms. The zero-order valence-electron chi connectivity index (χ0n) is 8.76. The molecule has 1 heterocycles. The second-order valence-electron chi connectivity index (χ2n) is 3.98. The Hall–Kier alpha value is -1.06. The molecule has 2 N–H and O–H groups in total. The highest BCUT2D eigenvalue weighted by Crippen LogP contribution is 2.22. The van der Waals surface area contributed by atoms with Crippen molar-refractivity contribution in [1.82, 2.24) is 0 Å². The Balaban J connectivity index is 2.09. The molecule has 0 aromatic heterocycles. The van der Waals surface area contributed by atoms with Gasteiger partial charge in [0.15, 0.2) is 0 Å². The summed E-state index contributed by atoms with van der Waals surface area (Å²) < 4.78 is 0. The minimum absolute atomic E-state index is 0.219. The van der Waals surface area contributed by atoms with Crippen molar-refractivity contribution in [3.63, 3.8) is 0 Å². The van der Waals surface area contributed by atoms with Crippen molar-refractivity contribution < 1.29 is 10.2 Å². The van der Waals surface area contributed by atoms with Crippen molar-refractivity contribution >= 4 is 5.69 Å². The molecule has 15 heavy (non-hydrogen) atoms. The highest BCUT2D eigenvalue weighted by atomic mass is 16.3. The van der Waals surface area contributed by atoms with Gasteiger partial charge < -0.3 is 15.1 Å². The van der Waals surface area contributed by atoms with Crippen LogP contribution in [0.2, 0.25) is 0 Å². The molecule has 1 fully saturated rings. The average molecular weight is 207 g/mol. The molecule has 82 valence electrons. The van der Waals surface area contributed by atoms with E-state index < -0.39 is 6.10 Å². The number of benzene rings is 1. The van der Waals surface area contributed by atoms with Crippen molar-refractivity contribution in [3.05, 3.63) is 29.8 Å². The van der Waals surface area contributed by atoms with Crippen molar-refractivity contribution in [2.45, 2.75) is 18.9 Å². The summed E-state index contributed by atoms with van der Waals surface area (Å²) in [6.45, 7) is 2.03. The Morgan fingerprint density at radius 1 is 1.13 bits per heavy atom. The SMILES string of the molecule is OCC(O)c1ccc(N2CCCC2)cc1. The molecule has 0 radical (unpaired) electrons. The minimum atomic E-state index is -0.752. The molecule has 0 aliphatic carbocycles. The third kappa shape index (κ3) is 2.30. The average Bonchev–Trinajstić information content (AvgIpc) is 2.82. The number of aliphatic hydroxyl groups is 2. The first-order valence-corrected chi connectivity index (χ1v) is 5.45. The smallest absolute Gasteiger partial charge is 0.102 e. The first-order chi connectivity index (χ1) is 7.31. The largest absolute Gasteiger partial charge is 0.393 e. The molecule has 1 aromatic rings. The van der Waals surface area contributed by atoms with E-state index in [1.165, 1.54) is 18.5 Å². The van der Waals surface area contributed by atoms with E-state index in [2.05, 4.69) is 4.90 Å². The van der Waals surface area contributed by atoms with E-state index >= 15 is 0 Å². The summed E-state index contributed by atoms with van der Waals surface area (Å²) in [4.78, 5) is 2.34. The highest BCUT2D eigenvalue weighted by Gasteiger charge is 2.12. The van der Waals surface area contributed by atoms with Gasteiger partial charge in [-0.05, 0) is 30.5 Å². The van der Waals surface area contributed by atoms with Crippen LogP contribution in [0.4, 0.5) is 5.69 Å². The molecular formula is C12H17NO2. The molecule has 1 aliphatic rings.